The molecule has 2 rings (SSSR count). The van der Waals surface area contributed by atoms with E-state index in [4.69, 9.17) is 27.2 Å². The lowest BCUT2D eigenvalue weighted by Crippen LogP contribution is -2.37. The van der Waals surface area contributed by atoms with Gasteiger partial charge in [0, 0.05) is 29.7 Å². The Kier molecular flexibility index (Phi) is 9.54. The van der Waals surface area contributed by atoms with Gasteiger partial charge in [-0.2, -0.15) is 0 Å². The largest absolute Gasteiger partial charge is 0.466 e. The van der Waals surface area contributed by atoms with Crippen LogP contribution in [0.4, 0.5) is 4.39 Å². The van der Waals surface area contributed by atoms with Gasteiger partial charge in [0.1, 0.15) is 5.82 Å². The summed E-state index contributed by atoms with van der Waals surface area (Å²) in [5.41, 5.74) is 8.46. The number of hydrogen-bond donors (Lipinski definition) is 3. The zero-order valence-electron chi connectivity index (χ0n) is 16.5. The molecule has 7 heteroatoms. The quantitative estimate of drug-likeness (QED) is 0.382. The third-order valence-corrected chi connectivity index (χ3v) is 4.81. The van der Waals surface area contributed by atoms with Crippen molar-refractivity contribution in [1.82, 2.24) is 5.32 Å². The second kappa shape index (κ2) is 11.9. The summed E-state index contributed by atoms with van der Waals surface area (Å²) in [5, 5.41) is 12.4. The third kappa shape index (κ3) is 7.40. The van der Waals surface area contributed by atoms with Crippen molar-refractivity contribution < 1.29 is 19.0 Å². The number of aliphatic hydroxyl groups excluding tert-OH is 1. The highest BCUT2D eigenvalue weighted by molar-refractivity contribution is 6.30. The van der Waals surface area contributed by atoms with Gasteiger partial charge in [-0.05, 0) is 49.1 Å². The molecule has 2 atom stereocenters. The topological polar surface area (TPSA) is 84.6 Å². The van der Waals surface area contributed by atoms with E-state index in [0.29, 0.717) is 43.1 Å². The molecule has 158 valence electrons. The first-order valence-corrected chi connectivity index (χ1v) is 10.1. The Morgan fingerprint density at radius 2 is 2.00 bits per heavy atom. The van der Waals surface area contributed by atoms with Crippen LogP contribution in [0.1, 0.15) is 18.9 Å². The highest BCUT2D eigenvalue weighted by Crippen LogP contribution is 2.26. The van der Waals surface area contributed by atoms with Crippen molar-refractivity contribution in [3.05, 3.63) is 58.9 Å². The minimum Gasteiger partial charge on any atom is -0.466 e. The molecular weight excluding hydrogens is 395 g/mol. The maximum absolute atomic E-state index is 14.0. The fraction of sp³-hybridized carbons (Fsp3) is 0.409. The molecular formula is C22H28ClFN2O3. The Balaban J connectivity index is 2.00. The lowest BCUT2D eigenvalue weighted by Gasteiger charge is -2.20. The Morgan fingerprint density at radius 3 is 2.66 bits per heavy atom. The van der Waals surface area contributed by atoms with Crippen LogP contribution in [0.15, 0.2) is 42.5 Å². The van der Waals surface area contributed by atoms with Crippen LogP contribution in [0.25, 0.3) is 11.1 Å². The smallest absolute Gasteiger partial charge is 0.310 e. The van der Waals surface area contributed by atoms with E-state index in [0.717, 1.165) is 11.1 Å². The lowest BCUT2D eigenvalue weighted by atomic mass is 9.94. The van der Waals surface area contributed by atoms with Gasteiger partial charge in [-0.15, -0.1) is 0 Å². The lowest BCUT2D eigenvalue weighted by molar-refractivity contribution is -0.148. The summed E-state index contributed by atoms with van der Waals surface area (Å²) in [7, 11) is 0. The number of carbonyl (C=O) groups is 1. The molecule has 0 aliphatic rings. The van der Waals surface area contributed by atoms with Gasteiger partial charge >= 0.3 is 5.97 Å². The normalized spacial score (nSPS) is 13.1. The number of aliphatic hydroxyl groups is 1. The molecule has 0 bridgehead atoms. The van der Waals surface area contributed by atoms with Gasteiger partial charge in [-0.3, -0.25) is 4.79 Å². The summed E-state index contributed by atoms with van der Waals surface area (Å²) < 4.78 is 19.2. The SMILES string of the molecule is CCOC(=O)[C@H](CNCCO)C[C@H](N)Cc1ccc(-c2cc(Cl)ccc2F)cc1. The first kappa shape index (κ1) is 23.3. The van der Waals surface area contributed by atoms with Crippen LogP contribution in [0.3, 0.4) is 0 Å². The minimum absolute atomic E-state index is 0.00116. The van der Waals surface area contributed by atoms with Crippen molar-refractivity contribution in [2.45, 2.75) is 25.8 Å². The van der Waals surface area contributed by atoms with E-state index in [2.05, 4.69) is 5.32 Å². The van der Waals surface area contributed by atoms with Gasteiger partial charge in [0.05, 0.1) is 19.1 Å². The molecule has 0 spiro atoms. The molecule has 0 aromatic heterocycles. The number of rotatable bonds is 11. The van der Waals surface area contributed by atoms with Crippen molar-refractivity contribution in [1.29, 1.82) is 0 Å². The van der Waals surface area contributed by atoms with Crippen LogP contribution in [-0.2, 0) is 16.0 Å². The number of nitrogens with two attached hydrogens (primary N) is 1. The van der Waals surface area contributed by atoms with E-state index in [1.54, 1.807) is 13.0 Å². The van der Waals surface area contributed by atoms with Crippen molar-refractivity contribution in [3.8, 4) is 11.1 Å². The average molecular weight is 423 g/mol. The summed E-state index contributed by atoms with van der Waals surface area (Å²) in [6.45, 7) is 2.89. The van der Waals surface area contributed by atoms with Gasteiger partial charge in [0.25, 0.3) is 0 Å². The molecule has 0 amide bonds. The molecule has 0 saturated carbocycles. The van der Waals surface area contributed by atoms with Crippen LogP contribution >= 0.6 is 11.6 Å². The monoisotopic (exact) mass is 422 g/mol. The highest BCUT2D eigenvalue weighted by atomic mass is 35.5. The third-order valence-electron chi connectivity index (χ3n) is 4.58. The zero-order chi connectivity index (χ0) is 21.2. The average Bonchev–Trinajstić information content (AvgIpc) is 2.70. The van der Waals surface area contributed by atoms with E-state index in [1.807, 2.05) is 24.3 Å². The second-order valence-corrected chi connectivity index (χ2v) is 7.33. The van der Waals surface area contributed by atoms with Crippen LogP contribution in [0, 0.1) is 11.7 Å². The summed E-state index contributed by atoms with van der Waals surface area (Å²) in [6, 6.07) is 11.7. The van der Waals surface area contributed by atoms with Crippen molar-refractivity contribution >= 4 is 17.6 Å². The van der Waals surface area contributed by atoms with E-state index in [9.17, 15) is 9.18 Å². The van der Waals surface area contributed by atoms with E-state index in [1.165, 1.54) is 12.1 Å². The minimum atomic E-state index is -0.378. The maximum atomic E-state index is 14.0. The number of benzene rings is 2. The second-order valence-electron chi connectivity index (χ2n) is 6.90. The zero-order valence-corrected chi connectivity index (χ0v) is 17.3. The number of esters is 1. The Labute approximate surface area is 176 Å². The number of ether oxygens (including phenoxy) is 1. The van der Waals surface area contributed by atoms with Crippen molar-refractivity contribution in [2.75, 3.05) is 26.3 Å². The summed E-state index contributed by atoms with van der Waals surface area (Å²) >= 11 is 5.97. The van der Waals surface area contributed by atoms with Crippen LogP contribution < -0.4 is 11.1 Å². The van der Waals surface area contributed by atoms with Crippen molar-refractivity contribution in [2.24, 2.45) is 11.7 Å². The summed E-state index contributed by atoms with van der Waals surface area (Å²) in [5.74, 6) is -0.997. The van der Waals surface area contributed by atoms with Crippen LogP contribution in [0.5, 0.6) is 0 Å². The van der Waals surface area contributed by atoms with Crippen molar-refractivity contribution in [3.63, 3.8) is 0 Å². The molecule has 0 fully saturated rings. The van der Waals surface area contributed by atoms with Crippen LogP contribution in [0.2, 0.25) is 5.02 Å². The Hall–Kier alpha value is -1.99. The van der Waals surface area contributed by atoms with Gasteiger partial charge in [-0.1, -0.05) is 35.9 Å². The molecule has 29 heavy (non-hydrogen) atoms. The Morgan fingerprint density at radius 1 is 1.28 bits per heavy atom. The number of hydrogen-bond acceptors (Lipinski definition) is 5. The first-order valence-electron chi connectivity index (χ1n) is 9.72. The standard InChI is InChI=1S/C22H28ClFN2O3/c1-2-29-22(28)17(14-26-9-10-27)12-19(25)11-15-3-5-16(6-4-15)20-13-18(23)7-8-21(20)24/h3-8,13,17,19,26-27H,2,9-12,14,25H2,1H3/t17-,19+/m0/s1. The number of halogens is 2. The highest BCUT2D eigenvalue weighted by Gasteiger charge is 2.22. The Bertz CT molecular complexity index is 786. The molecule has 0 aliphatic carbocycles. The molecule has 2 aromatic carbocycles. The number of carbonyl (C=O) groups excluding carboxylic acids is 1. The molecule has 0 radical (unpaired) electrons. The van der Waals surface area contributed by atoms with Gasteiger partial charge in [0.2, 0.25) is 0 Å². The molecule has 4 N–H and O–H groups in total. The fourth-order valence-electron chi connectivity index (χ4n) is 3.17. The predicted molar refractivity (Wildman–Crippen MR) is 113 cm³/mol. The van der Waals surface area contributed by atoms with E-state index < -0.39 is 0 Å². The molecule has 2 aromatic rings. The fourth-order valence-corrected chi connectivity index (χ4v) is 3.34. The molecule has 0 unspecified atom stereocenters. The maximum Gasteiger partial charge on any atom is 0.310 e. The molecule has 0 heterocycles. The van der Waals surface area contributed by atoms with E-state index in [-0.39, 0.29) is 30.4 Å². The van der Waals surface area contributed by atoms with Crippen LogP contribution in [-0.4, -0.2) is 43.4 Å². The summed E-state index contributed by atoms with van der Waals surface area (Å²) in [4.78, 5) is 12.2. The summed E-state index contributed by atoms with van der Waals surface area (Å²) in [6.07, 6.45) is 1.04. The first-order chi connectivity index (χ1) is 13.9. The molecule has 0 saturated heterocycles. The van der Waals surface area contributed by atoms with Gasteiger partial charge in [0.15, 0.2) is 0 Å². The molecule has 5 nitrogen and oxygen atoms in total. The van der Waals surface area contributed by atoms with Gasteiger partial charge < -0.3 is 20.9 Å². The number of nitrogens with one attached hydrogen (secondary N) is 1. The van der Waals surface area contributed by atoms with Gasteiger partial charge in [-0.25, -0.2) is 4.39 Å². The predicted octanol–water partition coefficient (Wildman–Crippen LogP) is 3.17. The van der Waals surface area contributed by atoms with E-state index >= 15 is 0 Å². The molecule has 0 aliphatic heterocycles.